The number of rotatable bonds is 2. The largest absolute Gasteiger partial charge is 0.0878 e. The van der Waals surface area contributed by atoms with Crippen molar-refractivity contribution in [2.24, 2.45) is 0 Å². The van der Waals surface area contributed by atoms with Gasteiger partial charge in [-0.1, -0.05) is 47.3 Å². The number of benzene rings is 1. The summed E-state index contributed by atoms with van der Waals surface area (Å²) < 4.78 is 0.680. The van der Waals surface area contributed by atoms with E-state index in [1.165, 1.54) is 64.6 Å². The van der Waals surface area contributed by atoms with E-state index in [0.717, 1.165) is 0 Å². The molecule has 3 fully saturated rings. The van der Waals surface area contributed by atoms with E-state index < -0.39 is 0 Å². The van der Waals surface area contributed by atoms with Crippen LogP contribution in [0.1, 0.15) is 5.56 Å². The lowest BCUT2D eigenvalue weighted by atomic mass is 10.2. The van der Waals surface area contributed by atoms with Gasteiger partial charge in [-0.3, -0.25) is 0 Å². The molecule has 16 heavy (non-hydrogen) atoms. The van der Waals surface area contributed by atoms with Crippen LogP contribution < -0.4 is 0 Å². The standard InChI is InChI=1S/C10H8Si6/c1-2-4-8(5-3-1)6-7-10-14-11-9(12-15-10)13-16-10/h1-7,9H/b7-6+. The topological polar surface area (TPSA) is 0 Å². The first-order valence-corrected chi connectivity index (χ1v) is 14.4. The minimum Gasteiger partial charge on any atom is -0.0878 e. The molecule has 12 radical (unpaired) electrons. The fourth-order valence-corrected chi connectivity index (χ4v) is 31.3. The highest BCUT2D eigenvalue weighted by atomic mass is 29.3. The number of allylic oxidation sites excluding steroid dienone is 1. The normalized spacial score (nSPS) is 33.4. The van der Waals surface area contributed by atoms with E-state index in [2.05, 4.69) is 42.5 Å². The zero-order chi connectivity index (χ0) is 10.8. The van der Waals surface area contributed by atoms with Gasteiger partial charge >= 0.3 is 0 Å². The first-order chi connectivity index (χ1) is 7.86. The second-order valence-corrected chi connectivity index (χ2v) is 17.6. The molecule has 1 aromatic carbocycles. The van der Waals surface area contributed by atoms with E-state index in [1.807, 2.05) is 0 Å². The van der Waals surface area contributed by atoms with Gasteiger partial charge < -0.3 is 0 Å². The summed E-state index contributed by atoms with van der Waals surface area (Å²) in [6.45, 7) is 0. The lowest BCUT2D eigenvalue weighted by Gasteiger charge is -2.42. The van der Waals surface area contributed by atoms with Crippen LogP contribution >= 0.6 is 0 Å². The third-order valence-electron chi connectivity index (χ3n) is 2.57. The third-order valence-corrected chi connectivity index (χ3v) is 27.5. The van der Waals surface area contributed by atoms with E-state index in [1.54, 1.807) is 0 Å². The summed E-state index contributed by atoms with van der Waals surface area (Å²) in [5.74, 6) is 0. The summed E-state index contributed by atoms with van der Waals surface area (Å²) in [6.07, 6.45) is 4.94. The predicted octanol–water partition coefficient (Wildman–Crippen LogP) is 0.474. The average Bonchev–Trinajstić information content (AvgIpc) is 2.40. The molecule has 0 nitrogen and oxygen atoms in total. The van der Waals surface area contributed by atoms with E-state index in [-0.39, 0.29) is 0 Å². The quantitative estimate of drug-likeness (QED) is 0.696. The van der Waals surface area contributed by atoms with Gasteiger partial charge in [-0.15, -0.1) is 0 Å². The van der Waals surface area contributed by atoms with Crippen molar-refractivity contribution in [2.75, 3.05) is 0 Å². The van der Waals surface area contributed by atoms with Crippen molar-refractivity contribution in [1.82, 2.24) is 0 Å². The van der Waals surface area contributed by atoms with Crippen LogP contribution in [0.3, 0.4) is 0 Å². The zero-order valence-electron chi connectivity index (χ0n) is 8.62. The molecule has 3 aliphatic rings. The van der Waals surface area contributed by atoms with Crippen LogP contribution in [0.25, 0.3) is 6.08 Å². The lowest BCUT2D eigenvalue weighted by molar-refractivity contribution is 1.39. The molecule has 0 atom stereocenters. The number of hydrogen-bond donors (Lipinski definition) is 0. The van der Waals surface area contributed by atoms with Crippen LogP contribution in [0.15, 0.2) is 36.4 Å². The molecule has 0 spiro atoms. The minimum absolute atomic E-state index is 0.680. The molecule has 2 bridgehead atoms. The fraction of sp³-hybridized carbons (Fsp3) is 0.200. The van der Waals surface area contributed by atoms with Gasteiger partial charge in [0.15, 0.2) is 0 Å². The van der Waals surface area contributed by atoms with Crippen LogP contribution in [0, 0.1) is 0 Å². The second-order valence-electron chi connectivity index (χ2n) is 3.79. The van der Waals surface area contributed by atoms with Gasteiger partial charge in [-0.25, -0.2) is 0 Å². The summed E-state index contributed by atoms with van der Waals surface area (Å²) in [5.41, 5.74) is 1.37. The third kappa shape index (κ3) is 2.41. The Labute approximate surface area is 111 Å². The molecular formula is C10H8Si6. The Morgan fingerprint density at radius 1 is 0.938 bits per heavy atom. The summed E-state index contributed by atoms with van der Waals surface area (Å²) >= 11 is 0. The molecule has 1 aromatic rings. The SMILES string of the molecule is C(=C\C12[Si][Si]C([Si][Si]1)[Si][Si]2)/c1ccccc1. The molecule has 0 aromatic heterocycles. The fourth-order valence-electron chi connectivity index (χ4n) is 1.67. The Hall–Kier alpha value is 0.261. The summed E-state index contributed by atoms with van der Waals surface area (Å²) in [5, 5.41) is 0. The van der Waals surface area contributed by atoms with Crippen LogP contribution in [-0.4, -0.2) is 54.2 Å². The van der Waals surface area contributed by atoms with E-state index in [4.69, 9.17) is 0 Å². The van der Waals surface area contributed by atoms with E-state index >= 15 is 0 Å². The molecule has 4 rings (SSSR count). The molecule has 0 aliphatic carbocycles. The van der Waals surface area contributed by atoms with Gasteiger partial charge in [0, 0.05) is 54.2 Å². The number of fused-ring (bicyclic) bond motifs is 3. The van der Waals surface area contributed by atoms with Crippen molar-refractivity contribution in [3.05, 3.63) is 42.0 Å². The lowest BCUT2D eigenvalue weighted by Crippen LogP contribution is -2.56. The molecule has 3 heterocycles. The van der Waals surface area contributed by atoms with Crippen LogP contribution in [0.2, 0.25) is 9.07 Å². The monoisotopic (exact) mass is 296 g/mol. The van der Waals surface area contributed by atoms with Crippen LogP contribution in [0.5, 0.6) is 0 Å². The molecule has 0 saturated carbocycles. The van der Waals surface area contributed by atoms with Gasteiger partial charge in [-0.2, -0.15) is 0 Å². The maximum Gasteiger partial charge on any atom is 0.0261 e. The van der Waals surface area contributed by atoms with Crippen molar-refractivity contribution in [1.29, 1.82) is 0 Å². The predicted molar refractivity (Wildman–Crippen MR) is 76.4 cm³/mol. The first-order valence-electron chi connectivity index (χ1n) is 5.19. The van der Waals surface area contributed by atoms with Gasteiger partial charge in [0.25, 0.3) is 0 Å². The van der Waals surface area contributed by atoms with E-state index in [0.29, 0.717) is 4.28 Å². The van der Waals surface area contributed by atoms with Crippen molar-refractivity contribution < 1.29 is 0 Å². The Morgan fingerprint density at radius 2 is 1.56 bits per heavy atom. The molecule has 72 valence electrons. The highest BCUT2D eigenvalue weighted by molar-refractivity contribution is 7.41. The molecule has 0 unspecified atom stereocenters. The first kappa shape index (κ1) is 11.4. The molecule has 3 saturated heterocycles. The summed E-state index contributed by atoms with van der Waals surface area (Å²) in [7, 11) is 7.62. The van der Waals surface area contributed by atoms with Crippen molar-refractivity contribution in [3.8, 4) is 0 Å². The highest BCUT2D eigenvalue weighted by Crippen LogP contribution is 2.33. The zero-order valence-corrected chi connectivity index (χ0v) is 14.6. The Balaban J connectivity index is 1.76. The smallest absolute Gasteiger partial charge is 0.0261 e. The summed E-state index contributed by atoms with van der Waals surface area (Å²) in [4.78, 5) is 1.18. The molecule has 3 aliphatic heterocycles. The Bertz CT molecular complexity index is 368. The van der Waals surface area contributed by atoms with Crippen molar-refractivity contribution in [3.63, 3.8) is 0 Å². The van der Waals surface area contributed by atoms with Crippen molar-refractivity contribution in [2.45, 2.75) is 9.07 Å². The number of hydrogen-bond acceptors (Lipinski definition) is 0. The maximum atomic E-state index is 2.57. The van der Waals surface area contributed by atoms with Gasteiger partial charge in [0.1, 0.15) is 0 Å². The van der Waals surface area contributed by atoms with Gasteiger partial charge in [0.2, 0.25) is 0 Å². The van der Waals surface area contributed by atoms with Gasteiger partial charge in [0.05, 0.1) is 0 Å². The molecule has 6 heteroatoms. The molecule has 0 N–H and O–H groups in total. The molecule has 0 amide bonds. The van der Waals surface area contributed by atoms with E-state index in [9.17, 15) is 0 Å². The second kappa shape index (κ2) is 4.86. The maximum absolute atomic E-state index is 2.57. The Morgan fingerprint density at radius 3 is 2.19 bits per heavy atom. The van der Waals surface area contributed by atoms with Crippen LogP contribution in [0.4, 0.5) is 0 Å². The van der Waals surface area contributed by atoms with Crippen molar-refractivity contribution >= 4 is 60.3 Å². The Kier molecular flexibility index (Phi) is 3.45. The minimum atomic E-state index is 0.680. The van der Waals surface area contributed by atoms with Gasteiger partial charge in [-0.05, 0) is 9.85 Å². The summed E-state index contributed by atoms with van der Waals surface area (Å²) in [6, 6.07) is 10.8. The average molecular weight is 297 g/mol. The molecular weight excluding hydrogens is 289 g/mol. The highest BCUT2D eigenvalue weighted by Gasteiger charge is 2.40. The van der Waals surface area contributed by atoms with Crippen LogP contribution in [-0.2, 0) is 0 Å².